The van der Waals surface area contributed by atoms with Crippen molar-refractivity contribution in [3.8, 4) is 11.3 Å². The van der Waals surface area contributed by atoms with E-state index in [-0.39, 0.29) is 5.76 Å². The maximum atomic E-state index is 10.7. The van der Waals surface area contributed by atoms with Crippen LogP contribution in [0.1, 0.15) is 16.2 Å². The lowest BCUT2D eigenvalue weighted by atomic mass is 10.1. The normalized spacial score (nSPS) is 12.8. The van der Waals surface area contributed by atoms with Crippen LogP contribution in [0.2, 0.25) is 0 Å². The summed E-state index contributed by atoms with van der Waals surface area (Å²) in [7, 11) is 0. The number of furan rings is 1. The van der Waals surface area contributed by atoms with Gasteiger partial charge in [0, 0.05) is 6.07 Å². The lowest BCUT2D eigenvalue weighted by Gasteiger charge is -2.11. The molecule has 0 bridgehead atoms. The van der Waals surface area contributed by atoms with E-state index >= 15 is 0 Å². The Balaban J connectivity index is 2.20. The maximum absolute atomic E-state index is 10.7. The molecule has 1 aliphatic rings. The number of hydrogen-bond donors (Lipinski definition) is 3. The van der Waals surface area contributed by atoms with Crippen molar-refractivity contribution in [3.63, 3.8) is 0 Å². The maximum Gasteiger partial charge on any atom is 0.371 e. The first-order chi connectivity index (χ1) is 7.25. The van der Waals surface area contributed by atoms with Gasteiger partial charge in [-0.15, -0.1) is 0 Å². The summed E-state index contributed by atoms with van der Waals surface area (Å²) >= 11 is 0. The van der Waals surface area contributed by atoms with Crippen molar-refractivity contribution >= 4 is 11.7 Å². The van der Waals surface area contributed by atoms with E-state index < -0.39 is 5.97 Å². The summed E-state index contributed by atoms with van der Waals surface area (Å²) in [6.07, 6.45) is 1.63. The van der Waals surface area contributed by atoms with Gasteiger partial charge >= 0.3 is 5.97 Å². The largest absolute Gasteiger partial charge is 0.475 e. The predicted octanol–water partition coefficient (Wildman–Crippen LogP) is 1.29. The number of nitrogens with one attached hydrogen (secondary N) is 2. The van der Waals surface area contributed by atoms with Gasteiger partial charge < -0.3 is 14.8 Å². The van der Waals surface area contributed by atoms with Gasteiger partial charge in [-0.3, -0.25) is 5.10 Å². The lowest BCUT2D eigenvalue weighted by molar-refractivity contribution is 0.0663. The molecule has 2 aromatic rings. The average molecular weight is 205 g/mol. The van der Waals surface area contributed by atoms with Crippen LogP contribution < -0.4 is 5.32 Å². The zero-order valence-corrected chi connectivity index (χ0v) is 7.57. The fraction of sp³-hybridized carbons (Fsp3) is 0.111. The first kappa shape index (κ1) is 8.10. The van der Waals surface area contributed by atoms with E-state index in [0.29, 0.717) is 18.0 Å². The standard InChI is InChI=1S/C9H7N3O3/c13-9(14)7-1-5-8(15-7)4-2-11-12-6(4)3-10-5/h1-2,10H,3H2,(H,11,12)(H,13,14). The number of anilines is 1. The van der Waals surface area contributed by atoms with Crippen LogP contribution in [-0.2, 0) is 6.54 Å². The van der Waals surface area contributed by atoms with Crippen LogP contribution in [0.25, 0.3) is 11.3 Å². The molecular formula is C9H7N3O3. The zero-order valence-electron chi connectivity index (χ0n) is 7.57. The number of nitrogens with zero attached hydrogens (tertiary/aromatic N) is 1. The third kappa shape index (κ3) is 1.04. The number of H-pyrrole nitrogens is 1. The van der Waals surface area contributed by atoms with Gasteiger partial charge in [-0.2, -0.15) is 5.10 Å². The highest BCUT2D eigenvalue weighted by Crippen LogP contribution is 2.36. The Morgan fingerprint density at radius 2 is 2.47 bits per heavy atom. The molecule has 2 aromatic heterocycles. The summed E-state index contributed by atoms with van der Waals surface area (Å²) in [5, 5.41) is 18.5. The minimum Gasteiger partial charge on any atom is -0.475 e. The molecule has 0 aromatic carbocycles. The average Bonchev–Trinajstić information content (AvgIpc) is 2.82. The monoisotopic (exact) mass is 205 g/mol. The summed E-state index contributed by atoms with van der Waals surface area (Å²) in [4.78, 5) is 10.7. The van der Waals surface area contributed by atoms with Gasteiger partial charge in [-0.1, -0.05) is 0 Å². The van der Waals surface area contributed by atoms with Crippen molar-refractivity contribution in [2.75, 3.05) is 5.32 Å². The lowest BCUT2D eigenvalue weighted by Crippen LogP contribution is -2.05. The van der Waals surface area contributed by atoms with Gasteiger partial charge in [0.05, 0.1) is 29.7 Å². The van der Waals surface area contributed by atoms with E-state index in [1.54, 1.807) is 6.20 Å². The Labute approximate surface area is 83.9 Å². The van der Waals surface area contributed by atoms with Crippen molar-refractivity contribution in [3.05, 3.63) is 23.7 Å². The summed E-state index contributed by atoms with van der Waals surface area (Å²) in [5.41, 5.74) is 2.41. The Bertz CT molecular complexity index is 541. The van der Waals surface area contributed by atoms with E-state index in [1.165, 1.54) is 6.07 Å². The van der Waals surface area contributed by atoms with Gasteiger partial charge in [0.15, 0.2) is 5.76 Å². The van der Waals surface area contributed by atoms with Crippen LogP contribution in [0.15, 0.2) is 16.7 Å². The summed E-state index contributed by atoms with van der Waals surface area (Å²) in [5.74, 6) is -0.611. The molecule has 3 heterocycles. The first-order valence-corrected chi connectivity index (χ1v) is 4.39. The molecular weight excluding hydrogens is 198 g/mol. The Morgan fingerprint density at radius 1 is 1.60 bits per heavy atom. The van der Waals surface area contributed by atoms with Crippen LogP contribution in [0.3, 0.4) is 0 Å². The molecule has 6 heteroatoms. The van der Waals surface area contributed by atoms with E-state index in [9.17, 15) is 4.79 Å². The topological polar surface area (TPSA) is 91.2 Å². The Kier molecular flexibility index (Phi) is 1.42. The number of carboxylic acid groups (broad SMARTS) is 1. The van der Waals surface area contributed by atoms with Gasteiger partial charge in [0.1, 0.15) is 0 Å². The number of aromatic carboxylic acids is 1. The third-order valence-electron chi connectivity index (χ3n) is 2.36. The predicted molar refractivity (Wildman–Crippen MR) is 50.6 cm³/mol. The molecule has 0 amide bonds. The van der Waals surface area contributed by atoms with Gasteiger partial charge in [0.2, 0.25) is 5.76 Å². The second kappa shape index (κ2) is 2.63. The molecule has 0 aliphatic carbocycles. The minimum absolute atomic E-state index is 0.0680. The molecule has 76 valence electrons. The quantitative estimate of drug-likeness (QED) is 0.652. The fourth-order valence-electron chi connectivity index (χ4n) is 1.65. The molecule has 3 N–H and O–H groups in total. The van der Waals surface area contributed by atoms with Crippen molar-refractivity contribution in [2.24, 2.45) is 0 Å². The number of carbonyl (C=O) groups is 1. The third-order valence-corrected chi connectivity index (χ3v) is 2.36. The molecule has 6 nitrogen and oxygen atoms in total. The highest BCUT2D eigenvalue weighted by Gasteiger charge is 2.24. The van der Waals surface area contributed by atoms with Crippen molar-refractivity contribution in [1.29, 1.82) is 0 Å². The van der Waals surface area contributed by atoms with Crippen molar-refractivity contribution in [1.82, 2.24) is 10.2 Å². The van der Waals surface area contributed by atoms with E-state index in [0.717, 1.165) is 11.3 Å². The van der Waals surface area contributed by atoms with Crippen LogP contribution in [0, 0.1) is 0 Å². The number of hydrogen-bond acceptors (Lipinski definition) is 4. The van der Waals surface area contributed by atoms with Gasteiger partial charge in [-0.25, -0.2) is 4.79 Å². The molecule has 3 rings (SSSR count). The second-order valence-electron chi connectivity index (χ2n) is 3.27. The molecule has 0 saturated carbocycles. The number of fused-ring (bicyclic) bond motifs is 3. The zero-order chi connectivity index (χ0) is 10.4. The molecule has 0 saturated heterocycles. The SMILES string of the molecule is O=C(O)c1cc2c(o1)-c1cn[nH]c1CN2. The van der Waals surface area contributed by atoms with Gasteiger partial charge in [0.25, 0.3) is 0 Å². The molecule has 0 atom stereocenters. The summed E-state index contributed by atoms with van der Waals surface area (Å²) < 4.78 is 5.23. The Morgan fingerprint density at radius 3 is 3.27 bits per heavy atom. The van der Waals surface area contributed by atoms with E-state index in [1.807, 2.05) is 0 Å². The molecule has 0 spiro atoms. The highest BCUT2D eigenvalue weighted by atomic mass is 16.4. The van der Waals surface area contributed by atoms with E-state index in [4.69, 9.17) is 9.52 Å². The Hall–Kier alpha value is -2.24. The number of carboxylic acids is 1. The number of aromatic nitrogens is 2. The smallest absolute Gasteiger partial charge is 0.371 e. The van der Waals surface area contributed by atoms with Crippen molar-refractivity contribution in [2.45, 2.75) is 6.54 Å². The second-order valence-corrected chi connectivity index (χ2v) is 3.27. The van der Waals surface area contributed by atoms with Crippen LogP contribution in [-0.4, -0.2) is 21.3 Å². The highest BCUT2D eigenvalue weighted by molar-refractivity contribution is 5.89. The van der Waals surface area contributed by atoms with E-state index in [2.05, 4.69) is 15.5 Å². The van der Waals surface area contributed by atoms with Crippen LogP contribution >= 0.6 is 0 Å². The molecule has 1 aliphatic heterocycles. The number of aromatic amines is 1. The molecule has 0 unspecified atom stereocenters. The molecule has 15 heavy (non-hydrogen) atoms. The van der Waals surface area contributed by atoms with Gasteiger partial charge in [-0.05, 0) is 0 Å². The minimum atomic E-state index is -1.07. The fourth-order valence-corrected chi connectivity index (χ4v) is 1.65. The summed E-state index contributed by atoms with van der Waals surface area (Å²) in [6, 6.07) is 1.48. The summed E-state index contributed by atoms with van der Waals surface area (Å²) in [6.45, 7) is 0.598. The molecule has 0 radical (unpaired) electrons. The van der Waals surface area contributed by atoms with Crippen LogP contribution in [0.4, 0.5) is 5.69 Å². The number of rotatable bonds is 1. The molecule has 0 fully saturated rings. The van der Waals surface area contributed by atoms with Crippen molar-refractivity contribution < 1.29 is 14.3 Å². The van der Waals surface area contributed by atoms with Crippen LogP contribution in [0.5, 0.6) is 0 Å². The first-order valence-electron chi connectivity index (χ1n) is 4.39.